The van der Waals surface area contributed by atoms with Crippen LogP contribution >= 0.6 is 11.8 Å². The van der Waals surface area contributed by atoms with Gasteiger partial charge >= 0.3 is 0 Å². The van der Waals surface area contributed by atoms with Gasteiger partial charge in [0, 0.05) is 31.9 Å². The fraction of sp³-hybridized carbons (Fsp3) is 0.0192. The fourth-order valence-corrected chi connectivity index (χ4v) is 10.1. The Labute approximate surface area is 329 Å². The summed E-state index contributed by atoms with van der Waals surface area (Å²) in [5.74, 6) is 0.691. The lowest BCUT2D eigenvalue weighted by atomic mass is 9.66. The van der Waals surface area contributed by atoms with Gasteiger partial charge < -0.3 is 0 Å². The first-order valence-corrected chi connectivity index (χ1v) is 19.6. The van der Waals surface area contributed by atoms with Crippen molar-refractivity contribution in [1.29, 1.82) is 5.26 Å². The molecule has 3 nitrogen and oxygen atoms in total. The molecule has 9 aromatic rings. The van der Waals surface area contributed by atoms with Crippen LogP contribution in [0, 0.1) is 11.3 Å². The molecule has 260 valence electrons. The summed E-state index contributed by atoms with van der Waals surface area (Å²) in [6.45, 7) is 0. The standard InChI is InChI=1S/C52H31N3S/c53-32-37-23-26-39(40-18-8-7-17-38(37)40)35-24-27-49-45(29-35)52(43-21-11-9-19-41(43)42-20-10-12-22-44(42)52)46-30-36(25-28-50(46)56-49)51-54-47(33-13-3-1-4-14-33)31-48(55-51)34-15-5-2-6-16-34/h1-31H. The molecule has 0 amide bonds. The minimum absolute atomic E-state index is 0.600. The molecule has 2 aliphatic rings. The maximum absolute atomic E-state index is 9.96. The highest BCUT2D eigenvalue weighted by Crippen LogP contribution is 2.63. The van der Waals surface area contributed by atoms with Gasteiger partial charge in [-0.25, -0.2) is 9.97 Å². The van der Waals surface area contributed by atoms with E-state index in [4.69, 9.17) is 9.97 Å². The van der Waals surface area contributed by atoms with E-state index in [1.807, 2.05) is 42.1 Å². The molecular weight excluding hydrogens is 699 g/mol. The minimum Gasteiger partial charge on any atom is -0.228 e. The molecule has 1 spiro atoms. The summed E-state index contributed by atoms with van der Waals surface area (Å²) in [6, 6.07) is 69.1. The summed E-state index contributed by atoms with van der Waals surface area (Å²) < 4.78 is 0. The SMILES string of the molecule is N#Cc1ccc(-c2ccc3c(c2)C2(c4cc(-c5nc(-c6ccccc6)cc(-c6ccccc6)n5)ccc4S3)c3ccccc3-c3ccccc32)c2ccccc12. The molecule has 1 aliphatic heterocycles. The second kappa shape index (κ2) is 12.8. The average Bonchev–Trinajstić information content (AvgIpc) is 3.57. The molecule has 0 saturated carbocycles. The zero-order chi connectivity index (χ0) is 37.2. The predicted octanol–water partition coefficient (Wildman–Crippen LogP) is 13.0. The van der Waals surface area contributed by atoms with Crippen molar-refractivity contribution in [3.8, 4) is 62.2 Å². The van der Waals surface area contributed by atoms with Crippen molar-refractivity contribution in [2.75, 3.05) is 0 Å². The predicted molar refractivity (Wildman–Crippen MR) is 227 cm³/mol. The molecule has 0 unspecified atom stereocenters. The monoisotopic (exact) mass is 729 g/mol. The van der Waals surface area contributed by atoms with E-state index in [0.29, 0.717) is 11.4 Å². The van der Waals surface area contributed by atoms with E-state index in [9.17, 15) is 5.26 Å². The second-order valence-electron chi connectivity index (χ2n) is 14.4. The average molecular weight is 730 g/mol. The number of hydrogen-bond donors (Lipinski definition) is 0. The lowest BCUT2D eigenvalue weighted by Gasteiger charge is -2.40. The van der Waals surface area contributed by atoms with E-state index in [1.54, 1.807) is 0 Å². The molecule has 1 aliphatic carbocycles. The van der Waals surface area contributed by atoms with E-state index in [1.165, 1.54) is 43.2 Å². The lowest BCUT2D eigenvalue weighted by Crippen LogP contribution is -2.32. The number of hydrogen-bond acceptors (Lipinski definition) is 4. The van der Waals surface area contributed by atoms with Gasteiger partial charge in [0.15, 0.2) is 5.82 Å². The molecule has 4 heteroatoms. The van der Waals surface area contributed by atoms with Crippen LogP contribution in [0.1, 0.15) is 27.8 Å². The van der Waals surface area contributed by atoms with Crippen LogP contribution in [0.2, 0.25) is 0 Å². The topological polar surface area (TPSA) is 49.6 Å². The van der Waals surface area contributed by atoms with Gasteiger partial charge in [0.05, 0.1) is 28.4 Å². The highest BCUT2D eigenvalue weighted by molar-refractivity contribution is 7.99. The zero-order valence-corrected chi connectivity index (χ0v) is 31.0. The van der Waals surface area contributed by atoms with Crippen LogP contribution in [-0.4, -0.2) is 9.97 Å². The van der Waals surface area contributed by atoms with Gasteiger partial charge in [-0.2, -0.15) is 5.26 Å². The third-order valence-electron chi connectivity index (χ3n) is 11.4. The Balaban J connectivity index is 1.18. The van der Waals surface area contributed by atoms with Gasteiger partial charge in [-0.3, -0.25) is 0 Å². The quantitative estimate of drug-likeness (QED) is 0.181. The first kappa shape index (κ1) is 32.4. The Morgan fingerprint density at radius 1 is 0.411 bits per heavy atom. The van der Waals surface area contributed by atoms with Crippen LogP contribution in [-0.2, 0) is 5.41 Å². The molecule has 1 aromatic heterocycles. The Morgan fingerprint density at radius 2 is 0.929 bits per heavy atom. The summed E-state index contributed by atoms with van der Waals surface area (Å²) in [4.78, 5) is 12.9. The van der Waals surface area contributed by atoms with Gasteiger partial charge in [-0.15, -0.1) is 0 Å². The van der Waals surface area contributed by atoms with Crippen LogP contribution in [0.15, 0.2) is 198 Å². The van der Waals surface area contributed by atoms with Crippen molar-refractivity contribution in [3.05, 3.63) is 216 Å². The molecule has 0 bridgehead atoms. The number of nitriles is 1. The van der Waals surface area contributed by atoms with E-state index in [0.717, 1.165) is 50.0 Å². The van der Waals surface area contributed by atoms with Crippen molar-refractivity contribution < 1.29 is 0 Å². The smallest absolute Gasteiger partial charge is 0.160 e. The van der Waals surface area contributed by atoms with Crippen LogP contribution < -0.4 is 0 Å². The van der Waals surface area contributed by atoms with Crippen LogP contribution in [0.4, 0.5) is 0 Å². The van der Waals surface area contributed by atoms with Crippen LogP contribution in [0.25, 0.3) is 66.9 Å². The van der Waals surface area contributed by atoms with Crippen molar-refractivity contribution in [3.63, 3.8) is 0 Å². The third kappa shape index (κ3) is 4.85. The minimum atomic E-state index is -0.600. The van der Waals surface area contributed by atoms with E-state index >= 15 is 0 Å². The molecule has 0 N–H and O–H groups in total. The molecule has 0 fully saturated rings. The number of nitrogens with zero attached hydrogens (tertiary/aromatic N) is 3. The Hall–Kier alpha value is -7.06. The third-order valence-corrected chi connectivity index (χ3v) is 12.6. The van der Waals surface area contributed by atoms with Gasteiger partial charge in [-0.05, 0) is 86.3 Å². The summed E-state index contributed by atoms with van der Waals surface area (Å²) in [5.41, 5.74) is 14.7. The lowest BCUT2D eigenvalue weighted by molar-refractivity contribution is 0.723. The summed E-state index contributed by atoms with van der Waals surface area (Å²) in [5, 5.41) is 12.0. The van der Waals surface area contributed by atoms with Crippen molar-refractivity contribution in [1.82, 2.24) is 9.97 Å². The summed E-state index contributed by atoms with van der Waals surface area (Å²) in [7, 11) is 0. The highest BCUT2D eigenvalue weighted by Gasteiger charge is 2.50. The van der Waals surface area contributed by atoms with Crippen LogP contribution in [0.3, 0.4) is 0 Å². The van der Waals surface area contributed by atoms with E-state index in [-0.39, 0.29) is 0 Å². The molecule has 0 saturated heterocycles. The Kier molecular flexibility index (Phi) is 7.38. The first-order valence-electron chi connectivity index (χ1n) is 18.8. The molecule has 0 atom stereocenters. The second-order valence-corrected chi connectivity index (χ2v) is 15.5. The van der Waals surface area contributed by atoms with E-state index in [2.05, 4.69) is 164 Å². The fourth-order valence-electron chi connectivity index (χ4n) is 8.95. The van der Waals surface area contributed by atoms with Crippen molar-refractivity contribution in [2.45, 2.75) is 15.2 Å². The maximum atomic E-state index is 9.96. The number of rotatable bonds is 4. The van der Waals surface area contributed by atoms with Gasteiger partial charge in [0.1, 0.15) is 0 Å². The number of benzene rings is 8. The Morgan fingerprint density at radius 3 is 1.54 bits per heavy atom. The largest absolute Gasteiger partial charge is 0.228 e. The highest BCUT2D eigenvalue weighted by atomic mass is 32.2. The molecular formula is C52H31N3S. The van der Waals surface area contributed by atoms with Crippen molar-refractivity contribution in [2.24, 2.45) is 0 Å². The number of aromatic nitrogens is 2. The first-order chi connectivity index (χ1) is 27.7. The van der Waals surface area contributed by atoms with Crippen molar-refractivity contribution >= 4 is 22.5 Å². The number of fused-ring (bicyclic) bond motifs is 10. The Bertz CT molecular complexity index is 2970. The molecule has 8 aromatic carbocycles. The van der Waals surface area contributed by atoms with E-state index < -0.39 is 5.41 Å². The van der Waals surface area contributed by atoms with Gasteiger partial charge in [0.25, 0.3) is 0 Å². The van der Waals surface area contributed by atoms with Crippen LogP contribution in [0.5, 0.6) is 0 Å². The maximum Gasteiger partial charge on any atom is 0.160 e. The molecule has 2 heterocycles. The normalized spacial score (nSPS) is 13.1. The van der Waals surface area contributed by atoms with Gasteiger partial charge in [0.2, 0.25) is 0 Å². The van der Waals surface area contributed by atoms with Gasteiger partial charge in [-0.1, -0.05) is 163 Å². The zero-order valence-electron chi connectivity index (χ0n) is 30.1. The summed E-state index contributed by atoms with van der Waals surface area (Å²) >= 11 is 1.83. The molecule has 56 heavy (non-hydrogen) atoms. The molecule has 0 radical (unpaired) electrons. The summed E-state index contributed by atoms with van der Waals surface area (Å²) in [6.07, 6.45) is 0. The molecule has 11 rings (SSSR count).